The number of aromatic carboxylic acids is 1. The molecule has 4 aliphatic heterocycles. The van der Waals surface area contributed by atoms with Gasteiger partial charge in [0.1, 0.15) is 12.3 Å². The van der Waals surface area contributed by atoms with Crippen molar-refractivity contribution in [1.29, 1.82) is 0 Å². The molecule has 15 nitrogen and oxygen atoms in total. The zero-order chi connectivity index (χ0) is 51.5. The van der Waals surface area contributed by atoms with E-state index in [4.69, 9.17) is 33.4 Å². The molecule has 0 bridgehead atoms. The summed E-state index contributed by atoms with van der Waals surface area (Å²) in [5.74, 6) is 0.820. The first-order valence-electron chi connectivity index (χ1n) is 26.4. The van der Waals surface area contributed by atoms with E-state index in [-0.39, 0.29) is 24.6 Å². The Morgan fingerprint density at radius 1 is 0.712 bits per heavy atom. The highest BCUT2D eigenvalue weighted by atomic mass is 35.5. The van der Waals surface area contributed by atoms with Crippen molar-refractivity contribution in [3.63, 3.8) is 0 Å². The number of aryl methyl sites for hydroxylation is 2. The van der Waals surface area contributed by atoms with Gasteiger partial charge in [-0.3, -0.25) is 14.2 Å². The molecule has 0 radical (unpaired) electrons. The van der Waals surface area contributed by atoms with Gasteiger partial charge in [-0.25, -0.2) is 13.6 Å². The van der Waals surface area contributed by atoms with E-state index in [1.165, 1.54) is 4.90 Å². The molecule has 2 saturated carbocycles. The summed E-state index contributed by atoms with van der Waals surface area (Å²) in [6, 6.07) is 11.9. The molecule has 0 unspecified atom stereocenters. The molecule has 0 spiro atoms. The van der Waals surface area contributed by atoms with E-state index in [0.29, 0.717) is 100 Å². The number of aliphatic hydroxyl groups is 4. The number of aliphatic hydroxyl groups excluding tert-OH is 2. The predicted molar refractivity (Wildman–Crippen MR) is 275 cm³/mol. The number of anilines is 2. The largest absolute Gasteiger partial charge is 0.476 e. The van der Waals surface area contributed by atoms with E-state index in [1.807, 2.05) is 47.5 Å². The van der Waals surface area contributed by atoms with Crippen molar-refractivity contribution in [3.8, 4) is 0 Å². The van der Waals surface area contributed by atoms with Crippen molar-refractivity contribution in [2.45, 2.75) is 152 Å². The standard InChI is InChI=1S/C27H34ClFN4O3.C22H26ClN3O3.C5H10FNO/c1-16-19(28)3-2-4-21(16)31-10-6-27(36,7-11-31)8-12-33-22-14-17-13-18(17)24(22)25(30-33)26(35)32-9-5-23(34)20(29)15-32;1-13-16(23)3-2-4-17(13)25-8-5-22(29,6-9-25)7-10-26-18-12-14-11-15(14)19(18)20(24-26)21(27)28;6-4-3-7-2-1-5(4)8/h2-4,17-18,20,23,34,36H,5-15H2,1H3;2-4,14-15,29H,5-12H2,1H3,(H,27,28);4-5,7-8H,1-3H2/t17-,18-,20+,23-;14-,15-;4-,5+/m110/s1. The Bertz CT molecular complexity index is 2680. The first-order chi connectivity index (χ1) is 34.9. The lowest BCUT2D eigenvalue weighted by Crippen LogP contribution is -2.47. The second-order valence-corrected chi connectivity index (χ2v) is 23.0. The van der Waals surface area contributed by atoms with Crippen LogP contribution >= 0.6 is 23.2 Å². The molecule has 4 aliphatic carbocycles. The van der Waals surface area contributed by atoms with Gasteiger partial charge in [-0.1, -0.05) is 35.3 Å². The Kier molecular flexibility index (Phi) is 15.0. The van der Waals surface area contributed by atoms with Gasteiger partial charge in [0, 0.05) is 96.3 Å². The number of carboxylic acid groups (broad SMARTS) is 1. The van der Waals surface area contributed by atoms with E-state index in [0.717, 1.165) is 113 Å². The van der Waals surface area contributed by atoms with Crippen LogP contribution in [-0.4, -0.2) is 150 Å². The summed E-state index contributed by atoms with van der Waals surface area (Å²) < 4.78 is 30.2. The third-order valence-electron chi connectivity index (χ3n) is 17.4. The van der Waals surface area contributed by atoms with Crippen LogP contribution in [-0.2, 0) is 25.9 Å². The van der Waals surface area contributed by atoms with Crippen molar-refractivity contribution >= 4 is 46.5 Å². The number of nitrogens with zero attached hydrogens (tertiary/aromatic N) is 7. The topological polar surface area (TPSA) is 193 Å². The van der Waals surface area contributed by atoms with Crippen molar-refractivity contribution in [3.05, 3.63) is 91.5 Å². The Morgan fingerprint density at radius 3 is 1.64 bits per heavy atom. The maximum Gasteiger partial charge on any atom is 0.356 e. The molecule has 2 aromatic carbocycles. The zero-order valence-electron chi connectivity index (χ0n) is 41.8. The van der Waals surface area contributed by atoms with Crippen LogP contribution in [0.15, 0.2) is 36.4 Å². The summed E-state index contributed by atoms with van der Waals surface area (Å²) in [5, 5.41) is 64.0. The van der Waals surface area contributed by atoms with Crippen LogP contribution in [0.25, 0.3) is 0 Å². The number of fused-ring (bicyclic) bond motifs is 6. The quantitative estimate of drug-likeness (QED) is 0.0979. The number of benzene rings is 2. The van der Waals surface area contributed by atoms with Crippen LogP contribution in [0.2, 0.25) is 10.0 Å². The second kappa shape index (κ2) is 21.0. The minimum absolute atomic E-state index is 0.0852. The minimum Gasteiger partial charge on any atom is -0.476 e. The lowest BCUT2D eigenvalue weighted by molar-refractivity contribution is 0.00273. The average Bonchev–Trinajstić information content (AvgIpc) is 4.11. The van der Waals surface area contributed by atoms with Crippen LogP contribution < -0.4 is 15.1 Å². The molecule has 1 amide bonds. The number of aromatic nitrogens is 4. The van der Waals surface area contributed by atoms with Gasteiger partial charge in [-0.15, -0.1) is 0 Å². The zero-order valence-corrected chi connectivity index (χ0v) is 43.3. The second-order valence-electron chi connectivity index (χ2n) is 22.2. The molecule has 6 N–H and O–H groups in total. The highest BCUT2D eigenvalue weighted by Gasteiger charge is 2.52. The first kappa shape index (κ1) is 52.1. The number of piperidine rings is 4. The minimum atomic E-state index is -1.41. The van der Waals surface area contributed by atoms with E-state index in [9.17, 15) is 38.8 Å². The number of amides is 1. The number of hydrogen-bond acceptors (Lipinski definition) is 11. The molecule has 8 aliphatic rings. The third kappa shape index (κ3) is 10.9. The summed E-state index contributed by atoms with van der Waals surface area (Å²) >= 11 is 12.6. The Morgan fingerprint density at radius 2 is 1.19 bits per heavy atom. The van der Waals surface area contributed by atoms with E-state index < -0.39 is 41.7 Å². The highest BCUT2D eigenvalue weighted by Crippen LogP contribution is 2.58. The van der Waals surface area contributed by atoms with Gasteiger partial charge in [0.05, 0.1) is 30.0 Å². The van der Waals surface area contributed by atoms with Crippen LogP contribution in [0.5, 0.6) is 0 Å². The van der Waals surface area contributed by atoms with Crippen molar-refractivity contribution in [2.24, 2.45) is 11.8 Å². The molecule has 2 aromatic heterocycles. The number of carbonyl (C=O) groups is 2. The molecule has 396 valence electrons. The molecular formula is C54H70Cl2F2N8O7. The molecule has 6 heterocycles. The summed E-state index contributed by atoms with van der Waals surface area (Å²) in [7, 11) is 0. The van der Waals surface area contributed by atoms with E-state index in [1.54, 1.807) is 0 Å². The van der Waals surface area contributed by atoms with Crippen LogP contribution in [0.4, 0.5) is 20.2 Å². The fraction of sp³-hybridized carbons (Fsp3) is 0.630. The highest BCUT2D eigenvalue weighted by molar-refractivity contribution is 6.32. The number of hydrogen-bond donors (Lipinski definition) is 6. The van der Waals surface area contributed by atoms with Gasteiger partial charge in [-0.05, 0) is 157 Å². The molecule has 73 heavy (non-hydrogen) atoms. The maximum absolute atomic E-state index is 14.1. The molecule has 19 heteroatoms. The fourth-order valence-electron chi connectivity index (χ4n) is 12.4. The number of alkyl halides is 2. The molecule has 6 fully saturated rings. The molecular weight excluding hydrogens is 982 g/mol. The SMILES string of the molecule is Cc1c(Cl)cccc1N1CCC(O)(CCn2nc(C(=O)N3CC[C@@H](O)[C@@H](F)C3)c3c2C[C@H]2C[C@@H]32)CC1.Cc1c(Cl)cccc1N1CCC(O)(CCn2nc(C(=O)O)c3c2C[C@H]2C[C@@H]32)CC1.O[C@@H]1CCNC[C@@H]1F. The van der Waals surface area contributed by atoms with Crippen molar-refractivity contribution < 1.29 is 43.9 Å². The Hall–Kier alpha value is -4.36. The maximum atomic E-state index is 14.1. The van der Waals surface area contributed by atoms with Crippen LogP contribution in [0.1, 0.15) is 131 Å². The number of halogens is 4. The summed E-state index contributed by atoms with van der Waals surface area (Å²) in [5.41, 5.74) is 7.76. The van der Waals surface area contributed by atoms with Gasteiger partial charge in [-0.2, -0.15) is 10.2 Å². The molecule has 8 atom stereocenters. The monoisotopic (exact) mass is 1050 g/mol. The number of nitrogens with one attached hydrogen (secondary N) is 1. The van der Waals surface area contributed by atoms with Gasteiger partial charge in [0.25, 0.3) is 5.91 Å². The first-order valence-corrected chi connectivity index (χ1v) is 27.2. The summed E-state index contributed by atoms with van der Waals surface area (Å²) in [6.45, 7) is 9.56. The van der Waals surface area contributed by atoms with E-state index in [2.05, 4.69) is 32.3 Å². The smallest absolute Gasteiger partial charge is 0.356 e. The summed E-state index contributed by atoms with van der Waals surface area (Å²) in [4.78, 5) is 31.0. The van der Waals surface area contributed by atoms with Crippen molar-refractivity contribution in [1.82, 2.24) is 29.8 Å². The van der Waals surface area contributed by atoms with Crippen LogP contribution in [0.3, 0.4) is 0 Å². The lowest BCUT2D eigenvalue weighted by atomic mass is 9.87. The molecule has 4 saturated heterocycles. The number of likely N-dealkylation sites (tertiary alicyclic amines) is 1. The van der Waals surface area contributed by atoms with Crippen LogP contribution in [0, 0.1) is 25.7 Å². The van der Waals surface area contributed by atoms with Gasteiger partial charge >= 0.3 is 5.97 Å². The predicted octanol–water partition coefficient (Wildman–Crippen LogP) is 6.77. The van der Waals surface area contributed by atoms with Crippen molar-refractivity contribution in [2.75, 3.05) is 62.2 Å². The van der Waals surface area contributed by atoms with Gasteiger partial charge < -0.3 is 45.5 Å². The fourth-order valence-corrected chi connectivity index (χ4v) is 12.8. The number of carboxylic acids is 1. The molecule has 12 rings (SSSR count). The normalized spacial score (nSPS) is 28.2. The van der Waals surface area contributed by atoms with Gasteiger partial charge in [0.2, 0.25) is 0 Å². The number of rotatable bonds is 10. The Balaban J connectivity index is 0.000000148. The summed E-state index contributed by atoms with van der Waals surface area (Å²) in [6.07, 6.45) is 4.50. The average molecular weight is 1050 g/mol. The lowest BCUT2D eigenvalue weighted by Gasteiger charge is -2.40. The van der Waals surface area contributed by atoms with E-state index >= 15 is 0 Å². The third-order valence-corrected chi connectivity index (χ3v) is 18.2. The molecule has 4 aromatic rings. The number of carbonyl (C=O) groups excluding carboxylic acids is 1. The Labute approximate surface area is 435 Å². The van der Waals surface area contributed by atoms with Gasteiger partial charge in [0.15, 0.2) is 11.4 Å².